The van der Waals surface area contributed by atoms with Gasteiger partial charge in [0.05, 0.1) is 0 Å². The van der Waals surface area contributed by atoms with E-state index in [9.17, 15) is 5.11 Å². The SMILES string of the molecule is Cc1cc(CN(Cc2ccccc2)Cc2ccccc2-c2ccccc2)cc(C)c1O. The van der Waals surface area contributed by atoms with Gasteiger partial charge in [0.1, 0.15) is 5.75 Å². The predicted octanol–water partition coefficient (Wildman–Crippen LogP) is 6.88. The van der Waals surface area contributed by atoms with Crippen LogP contribution in [0.3, 0.4) is 0 Å². The summed E-state index contributed by atoms with van der Waals surface area (Å²) in [6.07, 6.45) is 0. The van der Waals surface area contributed by atoms with Gasteiger partial charge in [-0.25, -0.2) is 0 Å². The zero-order valence-electron chi connectivity index (χ0n) is 18.3. The molecule has 0 aliphatic heterocycles. The summed E-state index contributed by atoms with van der Waals surface area (Å²) < 4.78 is 0. The van der Waals surface area contributed by atoms with Crippen LogP contribution in [0.15, 0.2) is 97.1 Å². The number of hydrogen-bond donors (Lipinski definition) is 1. The fraction of sp³-hybridized carbons (Fsp3) is 0.172. The summed E-state index contributed by atoms with van der Waals surface area (Å²) >= 11 is 0. The van der Waals surface area contributed by atoms with Crippen molar-refractivity contribution in [2.24, 2.45) is 0 Å². The van der Waals surface area contributed by atoms with Crippen molar-refractivity contribution in [1.82, 2.24) is 4.90 Å². The average molecular weight is 408 g/mol. The molecule has 4 aromatic carbocycles. The molecule has 0 bridgehead atoms. The van der Waals surface area contributed by atoms with E-state index in [0.717, 1.165) is 30.8 Å². The highest BCUT2D eigenvalue weighted by molar-refractivity contribution is 5.67. The Morgan fingerprint density at radius 3 is 1.84 bits per heavy atom. The molecule has 0 radical (unpaired) electrons. The first-order valence-corrected chi connectivity index (χ1v) is 10.8. The standard InChI is InChI=1S/C29H29NO/c1-22-17-25(18-23(2)29(22)31)20-30(19-24-11-5-3-6-12-24)21-27-15-9-10-16-28(27)26-13-7-4-8-14-26/h3-18,31H,19-21H2,1-2H3. The van der Waals surface area contributed by atoms with Crippen LogP contribution < -0.4 is 0 Å². The van der Waals surface area contributed by atoms with Gasteiger partial charge in [-0.2, -0.15) is 0 Å². The van der Waals surface area contributed by atoms with Gasteiger partial charge in [-0.3, -0.25) is 4.90 Å². The van der Waals surface area contributed by atoms with Crippen LogP contribution in [-0.2, 0) is 19.6 Å². The lowest BCUT2D eigenvalue weighted by atomic mass is 9.99. The Bertz CT molecular complexity index is 1110. The lowest BCUT2D eigenvalue weighted by Crippen LogP contribution is -2.23. The Balaban J connectivity index is 1.66. The van der Waals surface area contributed by atoms with Crippen molar-refractivity contribution in [3.05, 3.63) is 125 Å². The number of rotatable bonds is 7. The van der Waals surface area contributed by atoms with Crippen LogP contribution in [0.4, 0.5) is 0 Å². The maximum Gasteiger partial charge on any atom is 0.121 e. The van der Waals surface area contributed by atoms with Gasteiger partial charge < -0.3 is 5.11 Å². The van der Waals surface area contributed by atoms with E-state index in [1.54, 1.807) is 0 Å². The van der Waals surface area contributed by atoms with Crippen LogP contribution in [-0.4, -0.2) is 10.0 Å². The summed E-state index contributed by atoms with van der Waals surface area (Å²) in [7, 11) is 0. The zero-order valence-corrected chi connectivity index (χ0v) is 18.3. The summed E-state index contributed by atoms with van der Waals surface area (Å²) in [5.41, 5.74) is 8.22. The van der Waals surface area contributed by atoms with E-state index in [2.05, 4.69) is 102 Å². The molecule has 2 heteroatoms. The molecule has 0 amide bonds. The van der Waals surface area contributed by atoms with E-state index in [1.807, 2.05) is 13.8 Å². The third-order valence-electron chi connectivity index (χ3n) is 5.70. The Hall–Kier alpha value is -3.36. The van der Waals surface area contributed by atoms with Gasteiger partial charge in [-0.05, 0) is 52.8 Å². The number of phenols is 1. The number of aromatic hydroxyl groups is 1. The minimum Gasteiger partial charge on any atom is -0.507 e. The van der Waals surface area contributed by atoms with Crippen LogP contribution in [0.25, 0.3) is 11.1 Å². The molecule has 0 aromatic heterocycles. The minimum atomic E-state index is 0.396. The Labute approximate surface area is 185 Å². The van der Waals surface area contributed by atoms with Gasteiger partial charge in [0.25, 0.3) is 0 Å². The summed E-state index contributed by atoms with van der Waals surface area (Å²) in [5, 5.41) is 10.2. The second-order valence-corrected chi connectivity index (χ2v) is 8.23. The molecule has 0 aliphatic rings. The molecule has 4 rings (SSSR count). The highest BCUT2D eigenvalue weighted by Gasteiger charge is 2.13. The molecule has 0 aliphatic carbocycles. The summed E-state index contributed by atoms with van der Waals surface area (Å²) in [6.45, 7) is 6.47. The smallest absolute Gasteiger partial charge is 0.121 e. The van der Waals surface area contributed by atoms with Crippen LogP contribution in [0.1, 0.15) is 27.8 Å². The fourth-order valence-corrected chi connectivity index (χ4v) is 4.20. The molecule has 0 atom stereocenters. The van der Waals surface area contributed by atoms with E-state index < -0.39 is 0 Å². The van der Waals surface area contributed by atoms with E-state index in [0.29, 0.717) is 5.75 Å². The quantitative estimate of drug-likeness (QED) is 0.361. The summed E-state index contributed by atoms with van der Waals surface area (Å²) in [5.74, 6) is 0.396. The first kappa shape index (κ1) is 20.9. The van der Waals surface area contributed by atoms with Crippen molar-refractivity contribution >= 4 is 0 Å². The van der Waals surface area contributed by atoms with Crippen LogP contribution in [0, 0.1) is 13.8 Å². The minimum absolute atomic E-state index is 0.396. The van der Waals surface area contributed by atoms with Crippen molar-refractivity contribution in [3.63, 3.8) is 0 Å². The Morgan fingerprint density at radius 1 is 0.613 bits per heavy atom. The van der Waals surface area contributed by atoms with Gasteiger partial charge in [0.15, 0.2) is 0 Å². The highest BCUT2D eigenvalue weighted by atomic mass is 16.3. The molecule has 31 heavy (non-hydrogen) atoms. The fourth-order valence-electron chi connectivity index (χ4n) is 4.20. The number of aryl methyl sites for hydroxylation is 2. The molecule has 0 unspecified atom stereocenters. The summed E-state index contributed by atoms with van der Waals surface area (Å²) in [6, 6.07) is 34.1. The molecule has 1 N–H and O–H groups in total. The second kappa shape index (κ2) is 9.63. The first-order chi connectivity index (χ1) is 15.1. The molecular weight excluding hydrogens is 378 g/mol. The van der Waals surface area contributed by atoms with Crippen molar-refractivity contribution in [2.45, 2.75) is 33.5 Å². The van der Waals surface area contributed by atoms with Gasteiger partial charge in [-0.1, -0.05) is 97.1 Å². The topological polar surface area (TPSA) is 23.5 Å². The third kappa shape index (κ3) is 5.22. The second-order valence-electron chi connectivity index (χ2n) is 8.23. The number of nitrogens with zero attached hydrogens (tertiary/aromatic N) is 1. The van der Waals surface area contributed by atoms with Crippen LogP contribution >= 0.6 is 0 Å². The average Bonchev–Trinajstić information content (AvgIpc) is 2.79. The maximum atomic E-state index is 10.2. The van der Waals surface area contributed by atoms with Gasteiger partial charge in [0.2, 0.25) is 0 Å². The van der Waals surface area contributed by atoms with Crippen LogP contribution in [0.5, 0.6) is 5.75 Å². The predicted molar refractivity (Wildman–Crippen MR) is 129 cm³/mol. The normalized spacial score (nSPS) is 11.1. The highest BCUT2D eigenvalue weighted by Crippen LogP contribution is 2.27. The zero-order chi connectivity index (χ0) is 21.6. The molecule has 0 fully saturated rings. The van der Waals surface area contributed by atoms with E-state index in [1.165, 1.54) is 27.8 Å². The molecule has 2 nitrogen and oxygen atoms in total. The lowest BCUT2D eigenvalue weighted by Gasteiger charge is -2.25. The van der Waals surface area contributed by atoms with E-state index in [-0.39, 0.29) is 0 Å². The lowest BCUT2D eigenvalue weighted by molar-refractivity contribution is 0.248. The van der Waals surface area contributed by atoms with E-state index >= 15 is 0 Å². The molecule has 4 aromatic rings. The van der Waals surface area contributed by atoms with Gasteiger partial charge >= 0.3 is 0 Å². The number of phenolic OH excluding ortho intramolecular Hbond substituents is 1. The third-order valence-corrected chi connectivity index (χ3v) is 5.70. The molecule has 0 spiro atoms. The van der Waals surface area contributed by atoms with E-state index in [4.69, 9.17) is 0 Å². The Morgan fingerprint density at radius 2 is 1.16 bits per heavy atom. The van der Waals surface area contributed by atoms with Crippen molar-refractivity contribution in [2.75, 3.05) is 0 Å². The number of hydrogen-bond acceptors (Lipinski definition) is 2. The summed E-state index contributed by atoms with van der Waals surface area (Å²) in [4.78, 5) is 2.47. The van der Waals surface area contributed by atoms with Gasteiger partial charge in [-0.15, -0.1) is 0 Å². The van der Waals surface area contributed by atoms with Crippen molar-refractivity contribution in [1.29, 1.82) is 0 Å². The van der Waals surface area contributed by atoms with Gasteiger partial charge in [0, 0.05) is 19.6 Å². The maximum absolute atomic E-state index is 10.2. The molecule has 0 saturated heterocycles. The molecule has 0 heterocycles. The Kier molecular flexibility index (Phi) is 6.49. The molecular formula is C29H29NO. The number of benzene rings is 4. The molecule has 0 saturated carbocycles. The largest absolute Gasteiger partial charge is 0.507 e. The first-order valence-electron chi connectivity index (χ1n) is 10.8. The van der Waals surface area contributed by atoms with Crippen molar-refractivity contribution in [3.8, 4) is 16.9 Å². The monoisotopic (exact) mass is 407 g/mol. The molecule has 156 valence electrons. The van der Waals surface area contributed by atoms with Crippen LogP contribution in [0.2, 0.25) is 0 Å². The van der Waals surface area contributed by atoms with Crippen molar-refractivity contribution < 1.29 is 5.11 Å².